The number of nitrogens with two attached hydrogens (primary N) is 1. The molecular formula is C23H22N4OS. The molecule has 0 aliphatic rings. The smallest absolute Gasteiger partial charge is 0.251 e. The van der Waals surface area contributed by atoms with Crippen LogP contribution in [0.4, 0.5) is 5.82 Å². The maximum absolute atomic E-state index is 12.4. The van der Waals surface area contributed by atoms with Crippen molar-refractivity contribution in [3.05, 3.63) is 88.1 Å². The first-order valence-corrected chi connectivity index (χ1v) is 10.3. The molecule has 0 radical (unpaired) electrons. The molecule has 3 N–H and O–H groups in total. The molecule has 146 valence electrons. The second-order valence-corrected chi connectivity index (χ2v) is 7.90. The number of anilines is 1. The second-order valence-electron chi connectivity index (χ2n) is 6.87. The van der Waals surface area contributed by atoms with Crippen molar-refractivity contribution in [3.8, 4) is 16.9 Å². The first-order valence-electron chi connectivity index (χ1n) is 9.44. The van der Waals surface area contributed by atoms with E-state index in [0.29, 0.717) is 17.9 Å². The number of carbonyl (C=O) groups excluding carboxylic acids is 1. The minimum Gasteiger partial charge on any atom is -0.384 e. The Labute approximate surface area is 173 Å². The summed E-state index contributed by atoms with van der Waals surface area (Å²) in [5.74, 6) is 0.469. The van der Waals surface area contributed by atoms with Crippen molar-refractivity contribution in [1.82, 2.24) is 15.1 Å². The molecule has 4 rings (SSSR count). The van der Waals surface area contributed by atoms with E-state index in [0.717, 1.165) is 23.4 Å². The Bertz CT molecular complexity index is 1110. The molecule has 1 amide bonds. The molecule has 2 aromatic heterocycles. The van der Waals surface area contributed by atoms with E-state index in [9.17, 15) is 4.79 Å². The highest BCUT2D eigenvalue weighted by molar-refractivity contribution is 7.09. The van der Waals surface area contributed by atoms with Crippen LogP contribution in [0.3, 0.4) is 0 Å². The molecule has 6 heteroatoms. The first kappa shape index (κ1) is 19.0. The molecule has 0 aliphatic carbocycles. The zero-order chi connectivity index (χ0) is 20.2. The first-order chi connectivity index (χ1) is 14.1. The van der Waals surface area contributed by atoms with Crippen molar-refractivity contribution in [2.45, 2.75) is 13.3 Å². The zero-order valence-electron chi connectivity index (χ0n) is 16.1. The standard InChI is InChI=1S/C23H22N4OS/c1-16-4-2-5-18(14-16)21-15-22(24)27(26-21)19-9-7-17(8-10-19)23(28)25-12-11-20-6-3-13-29-20/h2-10,13-15H,11-12,24H2,1H3,(H,25,28). The lowest BCUT2D eigenvalue weighted by Crippen LogP contribution is -2.25. The van der Waals surface area contributed by atoms with Gasteiger partial charge in [-0.2, -0.15) is 5.10 Å². The number of aryl methyl sites for hydroxylation is 1. The van der Waals surface area contributed by atoms with E-state index in [-0.39, 0.29) is 5.91 Å². The summed E-state index contributed by atoms with van der Waals surface area (Å²) in [6.07, 6.45) is 0.840. The molecule has 0 fully saturated rings. The number of benzene rings is 2. The number of hydrogen-bond donors (Lipinski definition) is 2. The van der Waals surface area contributed by atoms with E-state index in [2.05, 4.69) is 22.5 Å². The van der Waals surface area contributed by atoms with Gasteiger partial charge in [-0.25, -0.2) is 4.68 Å². The van der Waals surface area contributed by atoms with Gasteiger partial charge < -0.3 is 11.1 Å². The minimum atomic E-state index is -0.0815. The Kier molecular flexibility index (Phi) is 5.44. The lowest BCUT2D eigenvalue weighted by Gasteiger charge is -2.07. The fourth-order valence-electron chi connectivity index (χ4n) is 3.16. The highest BCUT2D eigenvalue weighted by Crippen LogP contribution is 2.24. The van der Waals surface area contributed by atoms with E-state index < -0.39 is 0 Å². The third-order valence-corrected chi connectivity index (χ3v) is 5.60. The summed E-state index contributed by atoms with van der Waals surface area (Å²) in [6.45, 7) is 2.67. The monoisotopic (exact) mass is 402 g/mol. The van der Waals surface area contributed by atoms with Crippen LogP contribution in [0.2, 0.25) is 0 Å². The van der Waals surface area contributed by atoms with Crippen molar-refractivity contribution in [2.75, 3.05) is 12.3 Å². The van der Waals surface area contributed by atoms with E-state index in [1.54, 1.807) is 28.2 Å². The van der Waals surface area contributed by atoms with Crippen molar-refractivity contribution in [3.63, 3.8) is 0 Å². The highest BCUT2D eigenvalue weighted by atomic mass is 32.1. The average Bonchev–Trinajstić information content (AvgIpc) is 3.38. The van der Waals surface area contributed by atoms with Gasteiger partial charge in [0, 0.05) is 28.6 Å². The molecule has 2 heterocycles. The quantitative estimate of drug-likeness (QED) is 0.500. The summed E-state index contributed by atoms with van der Waals surface area (Å²) >= 11 is 1.70. The van der Waals surface area contributed by atoms with Gasteiger partial charge in [0.05, 0.1) is 11.4 Å². The summed E-state index contributed by atoms with van der Waals surface area (Å²) in [7, 11) is 0. The van der Waals surface area contributed by atoms with Gasteiger partial charge in [-0.15, -0.1) is 11.3 Å². The van der Waals surface area contributed by atoms with Crippen molar-refractivity contribution in [2.24, 2.45) is 0 Å². The van der Waals surface area contributed by atoms with Gasteiger partial charge in [0.1, 0.15) is 5.82 Å². The normalized spacial score (nSPS) is 10.8. The summed E-state index contributed by atoms with van der Waals surface area (Å²) in [5.41, 5.74) is 10.6. The predicted molar refractivity (Wildman–Crippen MR) is 119 cm³/mol. The zero-order valence-corrected chi connectivity index (χ0v) is 16.9. The molecule has 0 spiro atoms. The maximum Gasteiger partial charge on any atom is 0.251 e. The van der Waals surface area contributed by atoms with Gasteiger partial charge >= 0.3 is 0 Å². The average molecular weight is 403 g/mol. The number of amides is 1. The Morgan fingerprint density at radius 2 is 1.93 bits per heavy atom. The van der Waals surface area contributed by atoms with E-state index in [1.807, 2.05) is 54.8 Å². The molecule has 0 bridgehead atoms. The number of nitrogen functional groups attached to an aromatic ring is 1. The Hall–Kier alpha value is -3.38. The summed E-state index contributed by atoms with van der Waals surface area (Å²) in [5, 5.41) is 9.64. The Morgan fingerprint density at radius 3 is 2.66 bits per heavy atom. The van der Waals surface area contributed by atoms with E-state index in [4.69, 9.17) is 5.73 Å². The van der Waals surface area contributed by atoms with E-state index in [1.165, 1.54) is 10.4 Å². The molecule has 0 unspecified atom stereocenters. The second kappa shape index (κ2) is 8.32. The van der Waals surface area contributed by atoms with Gasteiger partial charge in [0.25, 0.3) is 5.91 Å². The van der Waals surface area contributed by atoms with E-state index >= 15 is 0 Å². The number of thiophene rings is 1. The molecule has 0 aliphatic heterocycles. The van der Waals surface area contributed by atoms with Crippen molar-refractivity contribution in [1.29, 1.82) is 0 Å². The maximum atomic E-state index is 12.4. The number of hydrogen-bond acceptors (Lipinski definition) is 4. The van der Waals surface area contributed by atoms with Crippen LogP contribution in [0.5, 0.6) is 0 Å². The number of nitrogens with one attached hydrogen (secondary N) is 1. The van der Waals surface area contributed by atoms with Crippen LogP contribution in [0.15, 0.2) is 72.1 Å². The third kappa shape index (κ3) is 4.38. The SMILES string of the molecule is Cc1cccc(-c2cc(N)n(-c3ccc(C(=O)NCCc4cccs4)cc3)n2)c1. The largest absolute Gasteiger partial charge is 0.384 e. The van der Waals surface area contributed by atoms with Crippen LogP contribution in [-0.4, -0.2) is 22.2 Å². The Balaban J connectivity index is 1.45. The molecule has 5 nitrogen and oxygen atoms in total. The van der Waals surface area contributed by atoms with Crippen LogP contribution in [0.1, 0.15) is 20.8 Å². The lowest BCUT2D eigenvalue weighted by atomic mass is 10.1. The van der Waals surface area contributed by atoms with Gasteiger partial charge in [-0.05, 0) is 55.1 Å². The van der Waals surface area contributed by atoms with Gasteiger partial charge in [0.2, 0.25) is 0 Å². The molecule has 0 saturated carbocycles. The van der Waals surface area contributed by atoms with Gasteiger partial charge in [-0.1, -0.05) is 29.8 Å². The fraction of sp³-hybridized carbons (Fsp3) is 0.130. The molecule has 0 saturated heterocycles. The number of nitrogens with zero attached hydrogens (tertiary/aromatic N) is 2. The predicted octanol–water partition coefficient (Wildman–Crippen LogP) is 4.46. The molecule has 0 atom stereocenters. The number of aromatic nitrogens is 2. The third-order valence-electron chi connectivity index (χ3n) is 4.66. The van der Waals surface area contributed by atoms with Crippen LogP contribution < -0.4 is 11.1 Å². The number of carbonyl (C=O) groups is 1. The van der Waals surface area contributed by atoms with Crippen LogP contribution in [0.25, 0.3) is 16.9 Å². The van der Waals surface area contributed by atoms with Gasteiger partial charge in [-0.3, -0.25) is 4.79 Å². The molecular weight excluding hydrogens is 380 g/mol. The highest BCUT2D eigenvalue weighted by Gasteiger charge is 2.11. The van der Waals surface area contributed by atoms with Crippen LogP contribution in [-0.2, 0) is 6.42 Å². The number of rotatable bonds is 6. The summed E-state index contributed by atoms with van der Waals surface area (Å²) in [4.78, 5) is 13.6. The van der Waals surface area contributed by atoms with Crippen molar-refractivity contribution >= 4 is 23.1 Å². The molecule has 29 heavy (non-hydrogen) atoms. The van der Waals surface area contributed by atoms with Gasteiger partial charge in [0.15, 0.2) is 0 Å². The minimum absolute atomic E-state index is 0.0815. The molecule has 2 aromatic carbocycles. The van der Waals surface area contributed by atoms with Crippen molar-refractivity contribution < 1.29 is 4.79 Å². The fourth-order valence-corrected chi connectivity index (χ4v) is 3.87. The van der Waals surface area contributed by atoms with Crippen LogP contribution >= 0.6 is 11.3 Å². The Morgan fingerprint density at radius 1 is 1.10 bits per heavy atom. The topological polar surface area (TPSA) is 72.9 Å². The summed E-state index contributed by atoms with van der Waals surface area (Å²) in [6, 6.07) is 21.4. The van der Waals surface area contributed by atoms with Crippen LogP contribution in [0, 0.1) is 6.92 Å². The lowest BCUT2D eigenvalue weighted by molar-refractivity contribution is 0.0954. The molecule has 4 aromatic rings. The summed E-state index contributed by atoms with van der Waals surface area (Å²) < 4.78 is 1.69.